The minimum absolute atomic E-state index is 0.0867. The van der Waals surface area contributed by atoms with E-state index in [1.165, 1.54) is 51.8 Å². The van der Waals surface area contributed by atoms with Crippen molar-refractivity contribution in [2.24, 2.45) is 5.92 Å². The molecule has 266 valence electrons. The Morgan fingerprint density at radius 1 is 0.714 bits per heavy atom. The van der Waals surface area contributed by atoms with E-state index in [9.17, 15) is 0 Å². The van der Waals surface area contributed by atoms with Gasteiger partial charge in [0, 0.05) is 0 Å². The van der Waals surface area contributed by atoms with Crippen LogP contribution in [0.5, 0.6) is 0 Å². The summed E-state index contributed by atoms with van der Waals surface area (Å²) in [5.74, 6) is 0.287. The van der Waals surface area contributed by atoms with Gasteiger partial charge in [-0.1, -0.05) is 0 Å². The van der Waals surface area contributed by atoms with Crippen molar-refractivity contribution in [2.45, 2.75) is 129 Å². The zero-order chi connectivity index (χ0) is 34.7. The van der Waals surface area contributed by atoms with Crippen molar-refractivity contribution >= 4 is 18.4 Å². The molecule has 0 radical (unpaired) electrons. The quantitative estimate of drug-likeness (QED) is 0.101. The standard InChI is InChI=1S/C32H35O4.3C4H9.Sn/c1-23-21-33-29-28(23)20-27(35-30(29)36-31(2,3)4)22-34-32(24-14-8-5-9-15-24,25-16-10-6-11-17-25)26-18-12-7-13-19-26;3*1-3-4-2;/h1,5-19,27-30H,20-22H2,2-4H3;3*1,3-4H2,2H3;/t27-,28+,29-,30+;;;;/m0..../s1. The van der Waals surface area contributed by atoms with Gasteiger partial charge in [0.05, 0.1) is 0 Å². The molecule has 49 heavy (non-hydrogen) atoms. The van der Waals surface area contributed by atoms with Crippen LogP contribution in [0.3, 0.4) is 0 Å². The molecule has 0 N–H and O–H groups in total. The third-order valence-electron chi connectivity index (χ3n) is 10.5. The molecule has 0 bridgehead atoms. The molecule has 0 amide bonds. The van der Waals surface area contributed by atoms with Crippen LogP contribution in [0.2, 0.25) is 13.3 Å². The first-order valence-electron chi connectivity index (χ1n) is 19.2. The number of hydrogen-bond acceptors (Lipinski definition) is 4. The molecule has 2 aliphatic rings. The van der Waals surface area contributed by atoms with Crippen molar-refractivity contribution in [3.63, 3.8) is 0 Å². The maximum absolute atomic E-state index is 7.32. The van der Waals surface area contributed by atoms with Gasteiger partial charge in [-0.15, -0.1) is 0 Å². The number of benzene rings is 3. The van der Waals surface area contributed by atoms with E-state index < -0.39 is 30.3 Å². The van der Waals surface area contributed by atoms with Crippen LogP contribution in [-0.4, -0.2) is 55.7 Å². The molecule has 2 fully saturated rings. The van der Waals surface area contributed by atoms with E-state index in [1.807, 2.05) is 0 Å². The Labute approximate surface area is 301 Å². The van der Waals surface area contributed by atoms with Gasteiger partial charge in [0.25, 0.3) is 0 Å². The van der Waals surface area contributed by atoms with E-state index in [-0.39, 0.29) is 23.7 Å². The Balaban J connectivity index is 1.51. The molecule has 0 spiro atoms. The molecule has 4 atom stereocenters. The summed E-state index contributed by atoms with van der Waals surface area (Å²) in [6.45, 7) is 14.6. The molecule has 2 saturated heterocycles. The molecule has 3 aromatic carbocycles. The SMILES string of the molecule is CCC[CH2][Sn](/[CH]=C1\CO[C@@H]2[C@@H](OC(C)(C)C)O[C@H](COC(c3ccccc3)(c3ccccc3)c3ccccc3)C[C@H]12)([CH2]CCC)[CH2]CCC. The van der Waals surface area contributed by atoms with Gasteiger partial charge < -0.3 is 0 Å². The molecule has 5 heteroatoms. The first-order valence-corrected chi connectivity index (χ1v) is 26.9. The number of hydrogen-bond donors (Lipinski definition) is 0. The number of rotatable bonds is 17. The van der Waals surface area contributed by atoms with Crippen LogP contribution in [0.15, 0.2) is 101 Å². The second-order valence-electron chi connectivity index (χ2n) is 15.5. The van der Waals surface area contributed by atoms with Crippen molar-refractivity contribution in [1.82, 2.24) is 0 Å². The topological polar surface area (TPSA) is 36.9 Å². The van der Waals surface area contributed by atoms with Crippen LogP contribution in [0.4, 0.5) is 0 Å². The van der Waals surface area contributed by atoms with Gasteiger partial charge >= 0.3 is 303 Å². The Morgan fingerprint density at radius 2 is 1.18 bits per heavy atom. The van der Waals surface area contributed by atoms with Gasteiger partial charge in [-0.25, -0.2) is 0 Å². The van der Waals surface area contributed by atoms with Crippen molar-refractivity contribution < 1.29 is 18.9 Å². The van der Waals surface area contributed by atoms with Crippen LogP contribution >= 0.6 is 0 Å². The average molecular weight is 774 g/mol. The molecule has 0 aliphatic carbocycles. The summed E-state index contributed by atoms with van der Waals surface area (Å²) in [6.07, 6.45) is 8.14. The predicted octanol–water partition coefficient (Wildman–Crippen LogP) is 11.3. The number of fused-ring (bicyclic) bond motifs is 1. The molecule has 0 unspecified atom stereocenters. The van der Waals surface area contributed by atoms with Crippen LogP contribution in [0, 0.1) is 5.92 Å². The minimum atomic E-state index is -2.57. The van der Waals surface area contributed by atoms with E-state index in [2.05, 4.69) is 137 Å². The van der Waals surface area contributed by atoms with E-state index in [0.717, 1.165) is 23.1 Å². The zero-order valence-electron chi connectivity index (χ0n) is 31.2. The van der Waals surface area contributed by atoms with Crippen molar-refractivity contribution in [3.8, 4) is 0 Å². The summed E-state index contributed by atoms with van der Waals surface area (Å²) in [7, 11) is 0. The van der Waals surface area contributed by atoms with Gasteiger partial charge in [0.1, 0.15) is 0 Å². The fourth-order valence-electron chi connectivity index (χ4n) is 8.04. The predicted molar refractivity (Wildman–Crippen MR) is 205 cm³/mol. The van der Waals surface area contributed by atoms with Crippen molar-refractivity contribution in [3.05, 3.63) is 117 Å². The van der Waals surface area contributed by atoms with E-state index in [1.54, 1.807) is 5.57 Å². The molecule has 0 saturated carbocycles. The third-order valence-corrected chi connectivity index (χ3v) is 24.9. The summed E-state index contributed by atoms with van der Waals surface area (Å²) in [5, 5.41) is 0. The third kappa shape index (κ3) is 9.68. The monoisotopic (exact) mass is 774 g/mol. The number of ether oxygens (including phenoxy) is 4. The van der Waals surface area contributed by atoms with E-state index in [4.69, 9.17) is 18.9 Å². The zero-order valence-corrected chi connectivity index (χ0v) is 34.0. The molecule has 2 heterocycles. The molecule has 2 aliphatic heterocycles. The summed E-state index contributed by atoms with van der Waals surface area (Å²) in [4.78, 5) is 0. The maximum atomic E-state index is 7.32. The Hall–Kier alpha value is -1.96. The molecular formula is C44H62O4Sn. The van der Waals surface area contributed by atoms with Crippen LogP contribution in [0.1, 0.15) is 103 Å². The average Bonchev–Trinajstić information content (AvgIpc) is 3.52. The van der Waals surface area contributed by atoms with Gasteiger partial charge in [-0.05, 0) is 0 Å². The van der Waals surface area contributed by atoms with Gasteiger partial charge in [0.15, 0.2) is 0 Å². The fraction of sp³-hybridized carbons (Fsp3) is 0.545. The fourth-order valence-corrected chi connectivity index (χ4v) is 23.6. The second kappa shape index (κ2) is 18.0. The Bertz CT molecular complexity index is 1300. The van der Waals surface area contributed by atoms with E-state index in [0.29, 0.717) is 13.2 Å². The Morgan fingerprint density at radius 3 is 1.61 bits per heavy atom. The van der Waals surface area contributed by atoms with Crippen LogP contribution in [-0.2, 0) is 24.5 Å². The van der Waals surface area contributed by atoms with Gasteiger partial charge in [0.2, 0.25) is 0 Å². The number of unbranched alkanes of at least 4 members (excludes halogenated alkanes) is 3. The van der Waals surface area contributed by atoms with Crippen LogP contribution < -0.4 is 0 Å². The summed E-state index contributed by atoms with van der Waals surface area (Å²) < 4.78 is 34.8. The summed E-state index contributed by atoms with van der Waals surface area (Å²) in [5.41, 5.74) is 3.71. The molecule has 3 aromatic rings. The summed E-state index contributed by atoms with van der Waals surface area (Å²) in [6, 6.07) is 32.0. The van der Waals surface area contributed by atoms with Crippen molar-refractivity contribution in [2.75, 3.05) is 13.2 Å². The molecule has 4 nitrogen and oxygen atoms in total. The molecule has 0 aromatic heterocycles. The Kier molecular flexibility index (Phi) is 14.1. The molecular weight excluding hydrogens is 711 g/mol. The normalized spacial score (nSPS) is 22.4. The first kappa shape index (κ1) is 38.3. The molecule has 5 rings (SSSR count). The second-order valence-corrected chi connectivity index (χ2v) is 28.3. The van der Waals surface area contributed by atoms with E-state index >= 15 is 0 Å². The van der Waals surface area contributed by atoms with Gasteiger partial charge in [-0.2, -0.15) is 0 Å². The van der Waals surface area contributed by atoms with Crippen LogP contribution in [0.25, 0.3) is 0 Å². The van der Waals surface area contributed by atoms with Crippen molar-refractivity contribution in [1.29, 1.82) is 0 Å². The van der Waals surface area contributed by atoms with Gasteiger partial charge in [-0.3, -0.25) is 0 Å². The summed E-state index contributed by atoms with van der Waals surface area (Å²) >= 11 is -2.57. The first-order chi connectivity index (χ1) is 23.7.